The minimum Gasteiger partial charge on any atom is -0.494 e. The molecule has 0 saturated carbocycles. The predicted molar refractivity (Wildman–Crippen MR) is 75.9 cm³/mol. The molecule has 0 amide bonds. The topological polar surface area (TPSA) is 65.2 Å². The molecule has 2 N–H and O–H groups in total. The van der Waals surface area contributed by atoms with E-state index in [1.165, 1.54) is 24.5 Å². The van der Waals surface area contributed by atoms with Crippen LogP contribution >= 0.6 is 11.3 Å². The Kier molecular flexibility index (Phi) is 4.81. The molecule has 2 aromatic rings. The van der Waals surface area contributed by atoms with Crippen LogP contribution < -0.4 is 10.5 Å². The third-order valence-corrected chi connectivity index (χ3v) is 3.72. The predicted octanol–water partition coefficient (Wildman–Crippen LogP) is 2.22. The van der Waals surface area contributed by atoms with Crippen LogP contribution in [0.15, 0.2) is 23.6 Å². The van der Waals surface area contributed by atoms with Crippen LogP contribution in [0, 0.1) is 5.82 Å². The van der Waals surface area contributed by atoms with E-state index >= 15 is 0 Å². The van der Waals surface area contributed by atoms with E-state index in [1.807, 2.05) is 0 Å². The van der Waals surface area contributed by atoms with Crippen LogP contribution in [0.3, 0.4) is 0 Å². The van der Waals surface area contributed by atoms with Gasteiger partial charge in [-0.25, -0.2) is 9.37 Å². The molecule has 0 bridgehead atoms. The lowest BCUT2D eigenvalue weighted by Crippen LogP contribution is -2.07. The van der Waals surface area contributed by atoms with Crippen molar-refractivity contribution in [1.29, 1.82) is 0 Å². The fourth-order valence-electron chi connectivity index (χ4n) is 1.79. The molecular weight excluding hydrogens is 279 g/mol. The van der Waals surface area contributed by atoms with Gasteiger partial charge in [0, 0.05) is 18.2 Å². The first-order valence-electron chi connectivity index (χ1n) is 6.14. The summed E-state index contributed by atoms with van der Waals surface area (Å²) in [6, 6.07) is 4.75. The van der Waals surface area contributed by atoms with Gasteiger partial charge in [0.15, 0.2) is 17.3 Å². The van der Waals surface area contributed by atoms with E-state index in [9.17, 15) is 9.18 Å². The molecule has 0 radical (unpaired) electrons. The molecule has 4 nitrogen and oxygen atoms in total. The monoisotopic (exact) mass is 294 g/mol. The SMILES string of the molecule is COc1cccc(CC(=O)c2csc(CCN)n2)c1F. The van der Waals surface area contributed by atoms with Gasteiger partial charge in [0.25, 0.3) is 0 Å². The molecule has 0 unspecified atom stereocenters. The van der Waals surface area contributed by atoms with Crippen molar-refractivity contribution >= 4 is 17.1 Å². The Morgan fingerprint density at radius 3 is 3.00 bits per heavy atom. The second kappa shape index (κ2) is 6.58. The number of ether oxygens (including phenoxy) is 1. The van der Waals surface area contributed by atoms with E-state index in [0.717, 1.165) is 5.01 Å². The second-order valence-electron chi connectivity index (χ2n) is 4.20. The summed E-state index contributed by atoms with van der Waals surface area (Å²) < 4.78 is 18.9. The number of hydrogen-bond acceptors (Lipinski definition) is 5. The van der Waals surface area contributed by atoms with Crippen LogP contribution in [-0.4, -0.2) is 24.4 Å². The van der Waals surface area contributed by atoms with Crippen LogP contribution in [0.2, 0.25) is 0 Å². The van der Waals surface area contributed by atoms with E-state index in [4.69, 9.17) is 10.5 Å². The molecular formula is C14H15FN2O2S. The third kappa shape index (κ3) is 3.20. The third-order valence-electron chi connectivity index (χ3n) is 2.81. The number of carbonyl (C=O) groups excluding carboxylic acids is 1. The highest BCUT2D eigenvalue weighted by atomic mass is 32.1. The number of nitrogens with zero attached hydrogens (tertiary/aromatic N) is 1. The minimum atomic E-state index is -0.499. The molecule has 1 heterocycles. The van der Waals surface area contributed by atoms with Gasteiger partial charge in [-0.15, -0.1) is 11.3 Å². The maximum Gasteiger partial charge on any atom is 0.186 e. The molecule has 0 aliphatic heterocycles. The number of methoxy groups -OCH3 is 1. The van der Waals surface area contributed by atoms with Gasteiger partial charge in [0.1, 0.15) is 5.69 Å². The molecule has 2 rings (SSSR count). The van der Waals surface area contributed by atoms with Crippen molar-refractivity contribution in [3.05, 3.63) is 45.7 Å². The maximum absolute atomic E-state index is 14.0. The molecule has 0 atom stereocenters. The number of ketones is 1. The van der Waals surface area contributed by atoms with Crippen molar-refractivity contribution in [2.45, 2.75) is 12.8 Å². The molecule has 0 aliphatic rings. The lowest BCUT2D eigenvalue weighted by molar-refractivity contribution is 0.0987. The molecule has 1 aromatic carbocycles. The number of aromatic nitrogens is 1. The molecule has 0 aliphatic carbocycles. The number of hydrogen-bond donors (Lipinski definition) is 1. The van der Waals surface area contributed by atoms with Gasteiger partial charge in [-0.05, 0) is 18.2 Å². The second-order valence-corrected chi connectivity index (χ2v) is 5.14. The molecule has 6 heteroatoms. The van der Waals surface area contributed by atoms with Crippen LogP contribution in [0.1, 0.15) is 21.1 Å². The van der Waals surface area contributed by atoms with E-state index in [0.29, 0.717) is 24.2 Å². The van der Waals surface area contributed by atoms with Gasteiger partial charge in [0.05, 0.1) is 12.1 Å². The Labute approximate surface area is 120 Å². The Balaban J connectivity index is 2.14. The lowest BCUT2D eigenvalue weighted by Gasteiger charge is -2.05. The molecule has 1 aromatic heterocycles. The molecule has 0 fully saturated rings. The zero-order valence-electron chi connectivity index (χ0n) is 11.1. The summed E-state index contributed by atoms with van der Waals surface area (Å²) in [6.07, 6.45) is 0.611. The van der Waals surface area contributed by atoms with Crippen LogP contribution in [0.25, 0.3) is 0 Å². The summed E-state index contributed by atoms with van der Waals surface area (Å²) in [4.78, 5) is 16.3. The van der Waals surface area contributed by atoms with Crippen molar-refractivity contribution in [1.82, 2.24) is 4.98 Å². The standard InChI is InChI=1S/C14H15FN2O2S/c1-19-12-4-2-3-9(14(12)15)7-11(18)10-8-20-13(17-10)5-6-16/h2-4,8H,5-7,16H2,1H3. The summed E-state index contributed by atoms with van der Waals surface area (Å²) in [5, 5.41) is 2.51. The normalized spacial score (nSPS) is 10.6. The highest BCUT2D eigenvalue weighted by Gasteiger charge is 2.15. The molecule has 20 heavy (non-hydrogen) atoms. The Hall–Kier alpha value is -1.79. The fourth-order valence-corrected chi connectivity index (χ4v) is 2.61. The van der Waals surface area contributed by atoms with Gasteiger partial charge < -0.3 is 10.5 Å². The number of Topliss-reactive ketones (excluding diaryl/α,β-unsaturated/α-hetero) is 1. The number of benzene rings is 1. The average Bonchev–Trinajstić information content (AvgIpc) is 2.90. The summed E-state index contributed by atoms with van der Waals surface area (Å²) in [7, 11) is 1.39. The molecule has 0 saturated heterocycles. The Morgan fingerprint density at radius 1 is 1.50 bits per heavy atom. The van der Waals surface area contributed by atoms with Crippen LogP contribution in [0.4, 0.5) is 4.39 Å². The van der Waals surface area contributed by atoms with Crippen molar-refractivity contribution in [3.63, 3.8) is 0 Å². The first-order valence-corrected chi connectivity index (χ1v) is 7.02. The van der Waals surface area contributed by atoms with Gasteiger partial charge >= 0.3 is 0 Å². The number of nitrogens with two attached hydrogens (primary N) is 1. The largest absolute Gasteiger partial charge is 0.494 e. The molecule has 0 spiro atoms. The quantitative estimate of drug-likeness (QED) is 0.830. The number of rotatable bonds is 6. The van der Waals surface area contributed by atoms with E-state index in [1.54, 1.807) is 17.5 Å². The zero-order valence-corrected chi connectivity index (χ0v) is 11.9. The van der Waals surface area contributed by atoms with Gasteiger partial charge in [0.2, 0.25) is 0 Å². The highest BCUT2D eigenvalue weighted by molar-refractivity contribution is 7.09. The lowest BCUT2D eigenvalue weighted by atomic mass is 10.1. The summed E-state index contributed by atoms with van der Waals surface area (Å²) >= 11 is 1.39. The Morgan fingerprint density at radius 2 is 2.30 bits per heavy atom. The first kappa shape index (κ1) is 14.6. The summed E-state index contributed by atoms with van der Waals surface area (Å²) in [6.45, 7) is 0.492. The fraction of sp³-hybridized carbons (Fsp3) is 0.286. The van der Waals surface area contributed by atoms with E-state index < -0.39 is 5.82 Å². The van der Waals surface area contributed by atoms with Crippen LogP contribution in [-0.2, 0) is 12.8 Å². The zero-order chi connectivity index (χ0) is 14.5. The highest BCUT2D eigenvalue weighted by Crippen LogP contribution is 2.21. The maximum atomic E-state index is 14.0. The van der Waals surface area contributed by atoms with Crippen LogP contribution in [0.5, 0.6) is 5.75 Å². The number of thiazole rings is 1. The van der Waals surface area contributed by atoms with Crippen molar-refractivity contribution in [2.75, 3.05) is 13.7 Å². The van der Waals surface area contributed by atoms with Gasteiger partial charge in [-0.1, -0.05) is 12.1 Å². The Bertz CT molecular complexity index is 613. The number of carbonyl (C=O) groups is 1. The van der Waals surface area contributed by atoms with E-state index in [2.05, 4.69) is 4.98 Å². The summed E-state index contributed by atoms with van der Waals surface area (Å²) in [5.74, 6) is -0.574. The summed E-state index contributed by atoms with van der Waals surface area (Å²) in [5.41, 5.74) is 6.11. The molecule has 106 valence electrons. The van der Waals surface area contributed by atoms with Gasteiger partial charge in [-0.3, -0.25) is 4.79 Å². The van der Waals surface area contributed by atoms with Gasteiger partial charge in [-0.2, -0.15) is 0 Å². The average molecular weight is 294 g/mol. The van der Waals surface area contributed by atoms with Crippen molar-refractivity contribution in [2.24, 2.45) is 5.73 Å². The number of halogens is 1. The van der Waals surface area contributed by atoms with E-state index in [-0.39, 0.29) is 18.0 Å². The van der Waals surface area contributed by atoms with Crippen molar-refractivity contribution < 1.29 is 13.9 Å². The van der Waals surface area contributed by atoms with Crippen molar-refractivity contribution in [3.8, 4) is 5.75 Å². The smallest absolute Gasteiger partial charge is 0.186 e. The first-order chi connectivity index (χ1) is 9.65. The minimum absolute atomic E-state index is 0.0329.